The number of piperidine rings is 1. The number of nitrogens with zero attached hydrogens (tertiary/aromatic N) is 3. The number of halogens is 4. The first-order chi connectivity index (χ1) is 14.7. The summed E-state index contributed by atoms with van der Waals surface area (Å²) in [5, 5.41) is 3.22. The molecule has 9 heteroatoms. The van der Waals surface area contributed by atoms with E-state index in [4.69, 9.17) is 11.6 Å². The van der Waals surface area contributed by atoms with E-state index in [1.807, 2.05) is 13.0 Å². The van der Waals surface area contributed by atoms with E-state index in [-0.39, 0.29) is 23.8 Å². The van der Waals surface area contributed by atoms with Crippen molar-refractivity contribution in [2.75, 3.05) is 23.3 Å². The SMILES string of the molecule is Cc1ccc(NC(=O)[C@H]2CCCN(c3nc4ccccc4nc3C(F)(F)F)C2)c(Cl)c1. The fourth-order valence-corrected chi connectivity index (χ4v) is 4.02. The van der Waals surface area contributed by atoms with Crippen LogP contribution in [-0.4, -0.2) is 29.0 Å². The minimum Gasteiger partial charge on any atom is -0.354 e. The Morgan fingerprint density at radius 1 is 1.16 bits per heavy atom. The van der Waals surface area contributed by atoms with Crippen molar-refractivity contribution in [2.24, 2.45) is 5.92 Å². The van der Waals surface area contributed by atoms with Gasteiger partial charge in [-0.2, -0.15) is 13.2 Å². The molecule has 0 unspecified atom stereocenters. The highest BCUT2D eigenvalue weighted by atomic mass is 35.5. The van der Waals surface area contributed by atoms with Crippen LogP contribution in [0.25, 0.3) is 11.0 Å². The van der Waals surface area contributed by atoms with Crippen LogP contribution in [0.3, 0.4) is 0 Å². The van der Waals surface area contributed by atoms with Crippen LogP contribution in [0.4, 0.5) is 24.7 Å². The average Bonchev–Trinajstić information content (AvgIpc) is 2.74. The quantitative estimate of drug-likeness (QED) is 0.577. The van der Waals surface area contributed by atoms with E-state index in [1.165, 1.54) is 11.0 Å². The number of nitrogens with one attached hydrogen (secondary N) is 1. The Hall–Kier alpha value is -2.87. The third-order valence-electron chi connectivity index (χ3n) is 5.29. The number of para-hydroxylation sites is 2. The van der Waals surface area contributed by atoms with Crippen molar-refractivity contribution in [1.82, 2.24) is 9.97 Å². The lowest BCUT2D eigenvalue weighted by atomic mass is 9.96. The van der Waals surface area contributed by atoms with Crippen molar-refractivity contribution in [3.8, 4) is 0 Å². The predicted octanol–water partition coefficient (Wildman–Crippen LogP) is 5.47. The average molecular weight is 449 g/mol. The van der Waals surface area contributed by atoms with Crippen LogP contribution in [0.1, 0.15) is 24.1 Å². The van der Waals surface area contributed by atoms with E-state index in [1.54, 1.807) is 30.3 Å². The van der Waals surface area contributed by atoms with Crippen LogP contribution in [0.5, 0.6) is 0 Å². The zero-order chi connectivity index (χ0) is 22.2. The molecule has 0 aliphatic carbocycles. The van der Waals surface area contributed by atoms with Crippen LogP contribution < -0.4 is 10.2 Å². The van der Waals surface area contributed by atoms with Gasteiger partial charge in [-0.25, -0.2) is 9.97 Å². The monoisotopic (exact) mass is 448 g/mol. The molecule has 1 fully saturated rings. The van der Waals surface area contributed by atoms with Crippen LogP contribution in [0.15, 0.2) is 42.5 Å². The summed E-state index contributed by atoms with van der Waals surface area (Å²) in [4.78, 5) is 22.4. The first-order valence-electron chi connectivity index (χ1n) is 9.88. The molecule has 0 spiro atoms. The zero-order valence-electron chi connectivity index (χ0n) is 16.7. The Labute approximate surface area is 182 Å². The standard InChI is InChI=1S/C22H20ClF3N4O/c1-13-8-9-16(15(23)11-13)29-21(31)14-5-4-10-30(12-14)20-19(22(24,25)26)27-17-6-2-3-7-18(17)28-20/h2-3,6-9,11,14H,4-5,10,12H2,1H3,(H,29,31)/t14-/m0/s1. The normalized spacial score (nSPS) is 17.1. The maximum absolute atomic E-state index is 13.7. The Balaban J connectivity index is 1.61. The Morgan fingerprint density at radius 3 is 2.55 bits per heavy atom. The second-order valence-electron chi connectivity index (χ2n) is 7.64. The summed E-state index contributed by atoms with van der Waals surface area (Å²) >= 11 is 6.20. The third-order valence-corrected chi connectivity index (χ3v) is 5.61. The number of aromatic nitrogens is 2. The zero-order valence-corrected chi connectivity index (χ0v) is 17.5. The summed E-state index contributed by atoms with van der Waals surface area (Å²) in [6.07, 6.45) is -3.53. The fraction of sp³-hybridized carbons (Fsp3) is 0.318. The van der Waals surface area contributed by atoms with Crippen molar-refractivity contribution in [2.45, 2.75) is 25.9 Å². The van der Waals surface area contributed by atoms with Crippen molar-refractivity contribution in [3.63, 3.8) is 0 Å². The van der Waals surface area contributed by atoms with E-state index >= 15 is 0 Å². The first-order valence-corrected chi connectivity index (χ1v) is 10.3. The van der Waals surface area contributed by atoms with Crippen LogP contribution in [0.2, 0.25) is 5.02 Å². The van der Waals surface area contributed by atoms with Gasteiger partial charge in [-0.3, -0.25) is 4.79 Å². The number of hydrogen-bond acceptors (Lipinski definition) is 4. The minimum atomic E-state index is -4.66. The molecular weight excluding hydrogens is 429 g/mol. The van der Waals surface area contributed by atoms with E-state index in [9.17, 15) is 18.0 Å². The molecule has 2 heterocycles. The summed E-state index contributed by atoms with van der Waals surface area (Å²) in [6.45, 7) is 2.37. The van der Waals surface area contributed by atoms with Crippen molar-refractivity contribution < 1.29 is 18.0 Å². The molecular formula is C22H20ClF3N4O. The maximum atomic E-state index is 13.7. The van der Waals surface area contributed by atoms with Crippen LogP contribution >= 0.6 is 11.6 Å². The van der Waals surface area contributed by atoms with Gasteiger partial charge in [0.15, 0.2) is 11.5 Å². The van der Waals surface area contributed by atoms with E-state index in [0.717, 1.165) is 5.56 Å². The molecule has 3 aromatic rings. The second-order valence-corrected chi connectivity index (χ2v) is 8.05. The van der Waals surface area contributed by atoms with Gasteiger partial charge in [-0.15, -0.1) is 0 Å². The maximum Gasteiger partial charge on any atom is 0.437 e. The highest BCUT2D eigenvalue weighted by molar-refractivity contribution is 6.33. The Bertz CT molecular complexity index is 1140. The number of hydrogen-bond donors (Lipinski definition) is 1. The third kappa shape index (κ3) is 4.58. The number of carbonyl (C=O) groups excluding carboxylic acids is 1. The molecule has 0 bridgehead atoms. The number of fused-ring (bicyclic) bond motifs is 1. The van der Waals surface area contributed by atoms with Gasteiger partial charge in [0, 0.05) is 13.1 Å². The van der Waals surface area contributed by atoms with E-state index < -0.39 is 17.8 Å². The van der Waals surface area contributed by atoms with E-state index in [0.29, 0.717) is 35.6 Å². The number of alkyl halides is 3. The van der Waals surface area contributed by atoms with Crippen molar-refractivity contribution in [1.29, 1.82) is 0 Å². The lowest BCUT2D eigenvalue weighted by molar-refractivity contribution is -0.140. The number of anilines is 2. The number of rotatable bonds is 3. The molecule has 1 aliphatic rings. The molecule has 1 saturated heterocycles. The highest BCUT2D eigenvalue weighted by Gasteiger charge is 2.40. The number of amides is 1. The summed E-state index contributed by atoms with van der Waals surface area (Å²) in [5.41, 5.74) is 0.966. The molecule has 1 amide bonds. The van der Waals surface area contributed by atoms with Gasteiger partial charge in [-0.1, -0.05) is 29.8 Å². The molecule has 2 aromatic carbocycles. The summed E-state index contributed by atoms with van der Waals surface area (Å²) in [6, 6.07) is 11.7. The van der Waals surface area contributed by atoms with Gasteiger partial charge in [0.05, 0.1) is 27.7 Å². The van der Waals surface area contributed by atoms with Crippen molar-refractivity contribution >= 4 is 40.0 Å². The van der Waals surface area contributed by atoms with Gasteiger partial charge in [0.2, 0.25) is 5.91 Å². The molecule has 0 saturated carbocycles. The molecule has 31 heavy (non-hydrogen) atoms. The number of carbonyl (C=O) groups is 1. The van der Waals surface area contributed by atoms with Gasteiger partial charge >= 0.3 is 6.18 Å². The molecule has 1 N–H and O–H groups in total. The first kappa shape index (κ1) is 21.4. The smallest absolute Gasteiger partial charge is 0.354 e. The Morgan fingerprint density at radius 2 is 1.87 bits per heavy atom. The summed E-state index contributed by atoms with van der Waals surface area (Å²) in [7, 11) is 0. The summed E-state index contributed by atoms with van der Waals surface area (Å²) < 4.78 is 41.2. The van der Waals surface area contributed by atoms with Crippen LogP contribution in [0, 0.1) is 12.8 Å². The lowest BCUT2D eigenvalue weighted by Crippen LogP contribution is -2.42. The van der Waals surface area contributed by atoms with E-state index in [2.05, 4.69) is 15.3 Å². The molecule has 5 nitrogen and oxygen atoms in total. The predicted molar refractivity (Wildman–Crippen MR) is 114 cm³/mol. The fourth-order valence-electron chi connectivity index (χ4n) is 3.74. The molecule has 162 valence electrons. The topological polar surface area (TPSA) is 58.1 Å². The van der Waals surface area contributed by atoms with Crippen LogP contribution in [-0.2, 0) is 11.0 Å². The molecule has 1 atom stereocenters. The van der Waals surface area contributed by atoms with Gasteiger partial charge in [0.25, 0.3) is 0 Å². The molecule has 1 aromatic heterocycles. The second kappa shape index (κ2) is 8.34. The summed E-state index contributed by atoms with van der Waals surface area (Å²) in [5.74, 6) is -1.02. The highest BCUT2D eigenvalue weighted by Crippen LogP contribution is 2.37. The van der Waals surface area contributed by atoms with Gasteiger partial charge < -0.3 is 10.2 Å². The molecule has 4 rings (SSSR count). The Kier molecular flexibility index (Phi) is 5.75. The molecule has 0 radical (unpaired) electrons. The minimum absolute atomic E-state index is 0.116. The van der Waals surface area contributed by atoms with Gasteiger partial charge in [-0.05, 0) is 49.6 Å². The molecule has 1 aliphatic heterocycles. The van der Waals surface area contributed by atoms with Crippen molar-refractivity contribution in [3.05, 3.63) is 58.7 Å². The number of aryl methyl sites for hydroxylation is 1. The number of benzene rings is 2. The van der Waals surface area contributed by atoms with Gasteiger partial charge in [0.1, 0.15) is 0 Å². The largest absolute Gasteiger partial charge is 0.437 e. The lowest BCUT2D eigenvalue weighted by Gasteiger charge is -2.34.